The molecule has 0 amide bonds. The molecule has 0 aliphatic carbocycles. The number of nitrogens with zero attached hydrogens (tertiary/aromatic N) is 2. The van der Waals surface area contributed by atoms with E-state index in [0.717, 1.165) is 32.9 Å². The molecule has 0 atom stereocenters. The summed E-state index contributed by atoms with van der Waals surface area (Å²) in [5.41, 5.74) is 4.36. The third kappa shape index (κ3) is 7.83. The van der Waals surface area contributed by atoms with Crippen molar-refractivity contribution in [3.8, 4) is 45.5 Å². The number of pyridine rings is 2. The highest BCUT2D eigenvalue weighted by molar-refractivity contribution is 6.04. The summed E-state index contributed by atoms with van der Waals surface area (Å²) in [7, 11) is 6.57. The Kier molecular flexibility index (Phi) is 12.0. The third-order valence-electron chi connectivity index (χ3n) is 7.19. The Morgan fingerprint density at radius 1 is 0.391 bits per heavy atom. The average Bonchev–Trinajstić information content (AvgIpc) is 3.08. The van der Waals surface area contributed by atoms with Gasteiger partial charge in [0.2, 0.25) is 0 Å². The number of hydrogen-bond donors (Lipinski definition) is 0. The van der Waals surface area contributed by atoms with Gasteiger partial charge in [0.15, 0.2) is 0 Å². The van der Waals surface area contributed by atoms with Crippen molar-refractivity contribution >= 4 is 21.8 Å². The number of fused-ring (bicyclic) bond motifs is 3. The van der Waals surface area contributed by atoms with Crippen molar-refractivity contribution in [2.45, 2.75) is 0 Å². The Balaban J connectivity index is 1.64. The molecule has 0 aliphatic heterocycles. The normalized spacial score (nSPS) is 11.2. The molecular formula is C36H40N2O8. The lowest BCUT2D eigenvalue weighted by molar-refractivity contribution is 0.143. The van der Waals surface area contributed by atoms with Gasteiger partial charge in [0, 0.05) is 39.2 Å². The topological polar surface area (TPSA) is 99.6 Å². The van der Waals surface area contributed by atoms with Crippen molar-refractivity contribution in [3.63, 3.8) is 0 Å². The summed E-state index contributed by atoms with van der Waals surface area (Å²) in [4.78, 5) is 10.3. The lowest BCUT2D eigenvalue weighted by atomic mass is 10.0. The lowest BCUT2D eigenvalue weighted by Crippen LogP contribution is -2.08. The van der Waals surface area contributed by atoms with E-state index in [4.69, 9.17) is 47.9 Å². The van der Waals surface area contributed by atoms with Gasteiger partial charge in [-0.25, -0.2) is 9.97 Å². The van der Waals surface area contributed by atoms with E-state index in [1.54, 1.807) is 28.4 Å². The summed E-state index contributed by atoms with van der Waals surface area (Å²) in [6.07, 6.45) is 0. The number of hydrogen-bond acceptors (Lipinski definition) is 10. The van der Waals surface area contributed by atoms with E-state index in [1.807, 2.05) is 72.8 Å². The van der Waals surface area contributed by atoms with Gasteiger partial charge >= 0.3 is 0 Å². The number of aromatic nitrogens is 2. The minimum atomic E-state index is 0.382. The van der Waals surface area contributed by atoms with Crippen LogP contribution in [0.5, 0.6) is 23.0 Å². The van der Waals surface area contributed by atoms with Crippen LogP contribution in [0.4, 0.5) is 0 Å². The van der Waals surface area contributed by atoms with Crippen LogP contribution in [0.15, 0.2) is 72.8 Å². The van der Waals surface area contributed by atoms with Crippen LogP contribution < -0.4 is 18.9 Å². The molecule has 5 aromatic rings. The first-order valence-corrected chi connectivity index (χ1v) is 15.1. The van der Waals surface area contributed by atoms with E-state index in [-0.39, 0.29) is 0 Å². The SMILES string of the molecule is COCCOc1cccc(OCCOC)c1-c1ccc2ccc3ccc(-c4c(OCCOC)cccc4OCCOC)nc3c2n1. The van der Waals surface area contributed by atoms with Crippen LogP contribution in [0.25, 0.3) is 44.3 Å². The molecule has 2 aromatic heterocycles. The zero-order chi connectivity index (χ0) is 32.1. The fourth-order valence-electron chi connectivity index (χ4n) is 4.99. The van der Waals surface area contributed by atoms with Gasteiger partial charge in [0.1, 0.15) is 49.4 Å². The number of ether oxygens (including phenoxy) is 8. The van der Waals surface area contributed by atoms with Gasteiger partial charge in [-0.1, -0.05) is 36.4 Å². The van der Waals surface area contributed by atoms with Crippen LogP contribution >= 0.6 is 0 Å². The Labute approximate surface area is 269 Å². The Morgan fingerprint density at radius 2 is 0.696 bits per heavy atom. The Morgan fingerprint density at radius 3 is 1.00 bits per heavy atom. The van der Waals surface area contributed by atoms with Gasteiger partial charge in [-0.2, -0.15) is 0 Å². The monoisotopic (exact) mass is 628 g/mol. The molecule has 10 nitrogen and oxygen atoms in total. The largest absolute Gasteiger partial charge is 0.490 e. The van der Waals surface area contributed by atoms with E-state index in [9.17, 15) is 0 Å². The molecule has 0 unspecified atom stereocenters. The summed E-state index contributed by atoms with van der Waals surface area (Å²) in [6, 6.07) is 23.6. The Bertz CT molecular complexity index is 1550. The molecule has 0 aliphatic rings. The molecule has 0 spiro atoms. The standard InChI is InChI=1S/C36H40N2O8/c1-39-17-21-43-29-7-5-8-30(44-22-18-40-2)33(29)27-15-13-25-11-12-26-14-16-28(38-36(26)35(25)37-27)34-31(45-23-19-41-3)9-6-10-32(34)46-24-20-42-4/h5-16H,17-24H2,1-4H3. The first kappa shape index (κ1) is 32.9. The van der Waals surface area contributed by atoms with Crippen molar-refractivity contribution in [2.75, 3.05) is 81.3 Å². The molecule has 46 heavy (non-hydrogen) atoms. The van der Waals surface area contributed by atoms with Gasteiger partial charge in [0.05, 0.1) is 60.0 Å². The highest BCUT2D eigenvalue weighted by atomic mass is 16.5. The molecule has 242 valence electrons. The minimum Gasteiger partial charge on any atom is -0.490 e. The summed E-state index contributed by atoms with van der Waals surface area (Å²) in [6.45, 7) is 3.32. The fourth-order valence-corrected chi connectivity index (χ4v) is 4.99. The first-order valence-electron chi connectivity index (χ1n) is 15.1. The van der Waals surface area contributed by atoms with E-state index >= 15 is 0 Å². The average molecular weight is 629 g/mol. The second-order valence-corrected chi connectivity index (χ2v) is 10.2. The van der Waals surface area contributed by atoms with Gasteiger partial charge in [-0.3, -0.25) is 0 Å². The van der Waals surface area contributed by atoms with Crippen LogP contribution in [0, 0.1) is 0 Å². The van der Waals surface area contributed by atoms with Crippen molar-refractivity contribution in [1.82, 2.24) is 9.97 Å². The van der Waals surface area contributed by atoms with Crippen LogP contribution in [-0.4, -0.2) is 91.3 Å². The summed E-state index contributed by atoms with van der Waals surface area (Å²) in [5.74, 6) is 2.58. The van der Waals surface area contributed by atoms with E-state index in [0.29, 0.717) is 87.2 Å². The smallest absolute Gasteiger partial charge is 0.132 e. The predicted molar refractivity (Wildman–Crippen MR) is 177 cm³/mol. The molecule has 10 heteroatoms. The molecule has 0 saturated heterocycles. The number of benzene rings is 3. The minimum absolute atomic E-state index is 0.382. The summed E-state index contributed by atoms with van der Waals surface area (Å²) >= 11 is 0. The van der Waals surface area contributed by atoms with E-state index < -0.39 is 0 Å². The van der Waals surface area contributed by atoms with Gasteiger partial charge in [0.25, 0.3) is 0 Å². The highest BCUT2D eigenvalue weighted by Gasteiger charge is 2.19. The maximum Gasteiger partial charge on any atom is 0.132 e. The number of rotatable bonds is 18. The van der Waals surface area contributed by atoms with Gasteiger partial charge < -0.3 is 37.9 Å². The fraction of sp³-hybridized carbons (Fsp3) is 0.333. The van der Waals surface area contributed by atoms with Crippen molar-refractivity contribution < 1.29 is 37.9 Å². The highest BCUT2D eigenvalue weighted by Crippen LogP contribution is 2.41. The molecule has 5 rings (SSSR count). The predicted octanol–water partition coefficient (Wildman–Crippen LogP) is 6.22. The molecular weight excluding hydrogens is 588 g/mol. The van der Waals surface area contributed by atoms with Crippen molar-refractivity contribution in [2.24, 2.45) is 0 Å². The molecule has 0 radical (unpaired) electrons. The molecule has 0 saturated carbocycles. The van der Waals surface area contributed by atoms with Crippen LogP contribution in [-0.2, 0) is 18.9 Å². The second kappa shape index (κ2) is 16.7. The quantitative estimate of drug-likeness (QED) is 0.0822. The molecule has 0 N–H and O–H groups in total. The summed E-state index contributed by atoms with van der Waals surface area (Å²) in [5, 5.41) is 1.89. The van der Waals surface area contributed by atoms with E-state index in [1.165, 1.54) is 0 Å². The molecule has 2 heterocycles. The maximum atomic E-state index is 6.12. The first-order chi connectivity index (χ1) is 22.7. The third-order valence-corrected chi connectivity index (χ3v) is 7.19. The van der Waals surface area contributed by atoms with Crippen LogP contribution in [0.1, 0.15) is 0 Å². The Hall–Kier alpha value is -4.48. The van der Waals surface area contributed by atoms with Crippen LogP contribution in [0.3, 0.4) is 0 Å². The summed E-state index contributed by atoms with van der Waals surface area (Å²) < 4.78 is 45.4. The van der Waals surface area contributed by atoms with Crippen LogP contribution in [0.2, 0.25) is 0 Å². The van der Waals surface area contributed by atoms with Gasteiger partial charge in [-0.05, 0) is 36.4 Å². The second-order valence-electron chi connectivity index (χ2n) is 10.2. The molecule has 0 bridgehead atoms. The zero-order valence-electron chi connectivity index (χ0n) is 26.7. The van der Waals surface area contributed by atoms with Crippen molar-refractivity contribution in [3.05, 3.63) is 72.8 Å². The van der Waals surface area contributed by atoms with Gasteiger partial charge in [-0.15, -0.1) is 0 Å². The number of methoxy groups -OCH3 is 4. The molecule has 3 aromatic carbocycles. The maximum absolute atomic E-state index is 6.12. The van der Waals surface area contributed by atoms with E-state index in [2.05, 4.69) is 0 Å². The zero-order valence-corrected chi connectivity index (χ0v) is 26.7. The lowest BCUT2D eigenvalue weighted by Gasteiger charge is -2.17. The van der Waals surface area contributed by atoms with Crippen molar-refractivity contribution in [1.29, 1.82) is 0 Å². The molecule has 0 fully saturated rings.